The van der Waals surface area contributed by atoms with Gasteiger partial charge in [-0.3, -0.25) is 9.48 Å². The largest absolute Gasteiger partial charge is 0.379 e. The maximum absolute atomic E-state index is 12.7. The van der Waals surface area contributed by atoms with E-state index in [1.54, 1.807) is 30.5 Å². The Morgan fingerprint density at radius 1 is 1.16 bits per heavy atom. The van der Waals surface area contributed by atoms with Crippen molar-refractivity contribution in [1.29, 1.82) is 0 Å². The molecule has 0 bridgehead atoms. The van der Waals surface area contributed by atoms with Crippen molar-refractivity contribution in [2.75, 3.05) is 51.3 Å². The normalized spacial score (nSPS) is 15.2. The molecule has 2 heterocycles. The standard InChI is InChI=1S/C22H33N5O4S/c1-3-25(4-2)11-12-26-18-20(17-23-26)24-22(28)10-7-19-5-8-21(9-6-19)32(29,30)27-13-15-31-16-14-27/h5-6,8-9,17-18H,3-4,7,10-16H2,1-2H3,(H,24,28). The Morgan fingerprint density at radius 2 is 1.84 bits per heavy atom. The van der Waals surface area contributed by atoms with E-state index in [0.29, 0.717) is 44.8 Å². The summed E-state index contributed by atoms with van der Waals surface area (Å²) in [5, 5.41) is 7.18. The van der Waals surface area contributed by atoms with Crippen LogP contribution < -0.4 is 5.32 Å². The number of carbonyl (C=O) groups is 1. The zero-order valence-corrected chi connectivity index (χ0v) is 19.7. The first-order chi connectivity index (χ1) is 15.4. The number of nitrogens with one attached hydrogen (secondary N) is 1. The Morgan fingerprint density at radius 3 is 2.50 bits per heavy atom. The molecule has 1 aliphatic heterocycles. The van der Waals surface area contributed by atoms with E-state index in [4.69, 9.17) is 4.74 Å². The molecular weight excluding hydrogens is 430 g/mol. The predicted octanol–water partition coefficient (Wildman–Crippen LogP) is 1.82. The highest BCUT2D eigenvalue weighted by molar-refractivity contribution is 7.89. The molecule has 0 atom stereocenters. The van der Waals surface area contributed by atoms with Gasteiger partial charge in [0.2, 0.25) is 15.9 Å². The number of ether oxygens (including phenoxy) is 1. The quantitative estimate of drug-likeness (QED) is 0.546. The van der Waals surface area contributed by atoms with Crippen LogP contribution in [0.5, 0.6) is 0 Å². The summed E-state index contributed by atoms with van der Waals surface area (Å²) >= 11 is 0. The van der Waals surface area contributed by atoms with E-state index < -0.39 is 10.0 Å². The zero-order valence-electron chi connectivity index (χ0n) is 18.9. The van der Waals surface area contributed by atoms with E-state index >= 15 is 0 Å². The van der Waals surface area contributed by atoms with E-state index in [0.717, 1.165) is 31.7 Å². The van der Waals surface area contributed by atoms with Crippen molar-refractivity contribution >= 4 is 21.6 Å². The SMILES string of the molecule is CCN(CC)CCn1cc(NC(=O)CCc2ccc(S(=O)(=O)N3CCOCC3)cc2)cn1. The number of carbonyl (C=O) groups excluding carboxylic acids is 1. The van der Waals surface area contributed by atoms with Crippen molar-refractivity contribution in [2.24, 2.45) is 0 Å². The molecule has 1 aliphatic rings. The number of hydrogen-bond acceptors (Lipinski definition) is 6. The van der Waals surface area contributed by atoms with E-state index in [2.05, 4.69) is 29.2 Å². The fraction of sp³-hybridized carbons (Fsp3) is 0.545. The third kappa shape index (κ3) is 6.61. The van der Waals surface area contributed by atoms with E-state index in [-0.39, 0.29) is 10.8 Å². The molecule has 0 spiro atoms. The van der Waals surface area contributed by atoms with Gasteiger partial charge in [0.25, 0.3) is 0 Å². The summed E-state index contributed by atoms with van der Waals surface area (Å²) in [5.74, 6) is -0.0988. The van der Waals surface area contributed by atoms with Gasteiger partial charge in [-0.25, -0.2) is 8.42 Å². The van der Waals surface area contributed by atoms with Crippen molar-refractivity contribution in [3.8, 4) is 0 Å². The van der Waals surface area contributed by atoms with Crippen molar-refractivity contribution in [2.45, 2.75) is 38.1 Å². The van der Waals surface area contributed by atoms with Gasteiger partial charge in [0.15, 0.2) is 0 Å². The molecule has 10 heteroatoms. The lowest BCUT2D eigenvalue weighted by Crippen LogP contribution is -2.40. The summed E-state index contributed by atoms with van der Waals surface area (Å²) in [7, 11) is -3.50. The molecule has 32 heavy (non-hydrogen) atoms. The molecule has 0 saturated carbocycles. The number of amides is 1. The van der Waals surface area contributed by atoms with Crippen LogP contribution >= 0.6 is 0 Å². The number of nitrogens with zero attached hydrogens (tertiary/aromatic N) is 4. The van der Waals surface area contributed by atoms with Gasteiger partial charge in [0.05, 0.1) is 36.5 Å². The van der Waals surface area contributed by atoms with Gasteiger partial charge in [-0.2, -0.15) is 9.40 Å². The highest BCUT2D eigenvalue weighted by Crippen LogP contribution is 2.18. The van der Waals surface area contributed by atoms with Crippen LogP contribution in [-0.4, -0.2) is 79.2 Å². The fourth-order valence-electron chi connectivity index (χ4n) is 3.58. The lowest BCUT2D eigenvalue weighted by molar-refractivity contribution is -0.116. The first kappa shape index (κ1) is 24.4. The molecule has 3 rings (SSSR count). The Bertz CT molecular complexity index is 964. The Hall–Kier alpha value is -2.27. The Kier molecular flexibility index (Phi) is 8.80. The maximum Gasteiger partial charge on any atom is 0.243 e. The average Bonchev–Trinajstić information content (AvgIpc) is 3.26. The summed E-state index contributed by atoms with van der Waals surface area (Å²) < 4.78 is 33.9. The molecule has 1 aromatic heterocycles. The molecule has 1 fully saturated rings. The first-order valence-corrected chi connectivity index (χ1v) is 12.6. The summed E-state index contributed by atoms with van der Waals surface area (Å²) in [6, 6.07) is 6.76. The second kappa shape index (κ2) is 11.6. The minimum Gasteiger partial charge on any atom is -0.379 e. The number of benzene rings is 1. The van der Waals surface area contributed by atoms with E-state index in [9.17, 15) is 13.2 Å². The third-order valence-electron chi connectivity index (χ3n) is 5.63. The van der Waals surface area contributed by atoms with Crippen LogP contribution in [0.25, 0.3) is 0 Å². The first-order valence-electron chi connectivity index (χ1n) is 11.1. The van der Waals surface area contributed by atoms with Gasteiger partial charge < -0.3 is 15.0 Å². The van der Waals surface area contributed by atoms with Gasteiger partial charge in [0, 0.05) is 32.3 Å². The molecule has 1 amide bonds. The minimum atomic E-state index is -3.50. The third-order valence-corrected chi connectivity index (χ3v) is 7.54. The van der Waals surface area contributed by atoms with E-state index in [1.165, 1.54) is 4.31 Å². The van der Waals surface area contributed by atoms with Gasteiger partial charge in [-0.15, -0.1) is 0 Å². The minimum absolute atomic E-state index is 0.0988. The van der Waals surface area contributed by atoms with Gasteiger partial charge in [-0.1, -0.05) is 26.0 Å². The van der Waals surface area contributed by atoms with Crippen LogP contribution in [0.4, 0.5) is 5.69 Å². The highest BCUT2D eigenvalue weighted by Gasteiger charge is 2.26. The Balaban J connectivity index is 1.47. The summed E-state index contributed by atoms with van der Waals surface area (Å²) in [4.78, 5) is 14.9. The van der Waals surface area contributed by atoms with Crippen molar-refractivity contribution in [1.82, 2.24) is 19.0 Å². The van der Waals surface area contributed by atoms with Crippen molar-refractivity contribution < 1.29 is 17.9 Å². The number of aryl methyl sites for hydroxylation is 1. The smallest absolute Gasteiger partial charge is 0.243 e. The van der Waals surface area contributed by atoms with Gasteiger partial charge >= 0.3 is 0 Å². The number of morpholine rings is 1. The molecule has 0 unspecified atom stereocenters. The maximum atomic E-state index is 12.7. The van der Waals surface area contributed by atoms with Crippen LogP contribution in [0.2, 0.25) is 0 Å². The average molecular weight is 464 g/mol. The monoisotopic (exact) mass is 463 g/mol. The van der Waals surface area contributed by atoms with Crippen LogP contribution in [0.15, 0.2) is 41.6 Å². The number of hydrogen-bond donors (Lipinski definition) is 1. The molecule has 0 radical (unpaired) electrons. The number of sulfonamides is 1. The number of anilines is 1. The van der Waals surface area contributed by atoms with Crippen LogP contribution in [0.1, 0.15) is 25.8 Å². The zero-order chi connectivity index (χ0) is 23.0. The number of aromatic nitrogens is 2. The van der Waals surface area contributed by atoms with Crippen molar-refractivity contribution in [3.63, 3.8) is 0 Å². The number of likely N-dealkylation sites (N-methyl/N-ethyl adjacent to an activating group) is 1. The van der Waals surface area contributed by atoms with E-state index in [1.807, 2.05) is 10.9 Å². The molecule has 2 aromatic rings. The molecule has 9 nitrogen and oxygen atoms in total. The molecule has 176 valence electrons. The summed E-state index contributed by atoms with van der Waals surface area (Å²) in [5.41, 5.74) is 1.59. The molecule has 1 aromatic carbocycles. The van der Waals surface area contributed by atoms with Crippen molar-refractivity contribution in [3.05, 3.63) is 42.2 Å². The lowest BCUT2D eigenvalue weighted by Gasteiger charge is -2.26. The van der Waals surface area contributed by atoms with Crippen LogP contribution in [0.3, 0.4) is 0 Å². The second-order valence-corrected chi connectivity index (χ2v) is 9.67. The fourth-order valence-corrected chi connectivity index (χ4v) is 4.99. The van der Waals surface area contributed by atoms with Crippen LogP contribution in [-0.2, 0) is 32.5 Å². The number of rotatable bonds is 11. The molecular formula is C22H33N5O4S. The second-order valence-electron chi connectivity index (χ2n) is 7.73. The molecule has 1 saturated heterocycles. The van der Waals surface area contributed by atoms with Gasteiger partial charge in [0.1, 0.15) is 0 Å². The molecule has 1 N–H and O–H groups in total. The van der Waals surface area contributed by atoms with Gasteiger partial charge in [-0.05, 0) is 37.2 Å². The highest BCUT2D eigenvalue weighted by atomic mass is 32.2. The Labute approximate surface area is 190 Å². The summed E-state index contributed by atoms with van der Waals surface area (Å²) in [6.07, 6.45) is 4.33. The summed E-state index contributed by atoms with van der Waals surface area (Å²) in [6.45, 7) is 9.54. The topological polar surface area (TPSA) is 96.8 Å². The molecule has 0 aliphatic carbocycles. The van der Waals surface area contributed by atoms with Crippen LogP contribution in [0, 0.1) is 0 Å². The predicted molar refractivity (Wildman–Crippen MR) is 123 cm³/mol. The lowest BCUT2D eigenvalue weighted by atomic mass is 10.1.